The highest BCUT2D eigenvalue weighted by Crippen LogP contribution is 2.28. The van der Waals surface area contributed by atoms with Crippen molar-refractivity contribution in [1.29, 1.82) is 0 Å². The highest BCUT2D eigenvalue weighted by molar-refractivity contribution is 6.08. The number of aliphatic imine (C=N–C) groups is 1. The Morgan fingerprint density at radius 1 is 1.19 bits per heavy atom. The van der Waals surface area contributed by atoms with E-state index in [4.69, 9.17) is 19.7 Å². The molecule has 4 heterocycles. The van der Waals surface area contributed by atoms with Crippen molar-refractivity contribution in [1.82, 2.24) is 25.5 Å². The number of nitrogens with one attached hydrogen (secondary N) is 2. The predicted molar refractivity (Wildman–Crippen MR) is 139 cm³/mol. The summed E-state index contributed by atoms with van der Waals surface area (Å²) >= 11 is 0. The molecule has 0 spiro atoms. The van der Waals surface area contributed by atoms with Crippen LogP contribution in [0.25, 0.3) is 11.1 Å². The molecule has 2 aliphatic heterocycles. The molecule has 184 valence electrons. The topological polar surface area (TPSA) is 91.7 Å². The second-order valence-corrected chi connectivity index (χ2v) is 8.87. The maximum atomic E-state index is 11.5. The molecule has 1 fully saturated rings. The van der Waals surface area contributed by atoms with E-state index in [0.717, 1.165) is 45.9 Å². The molecule has 36 heavy (non-hydrogen) atoms. The van der Waals surface area contributed by atoms with Crippen LogP contribution < -0.4 is 10.6 Å². The molecule has 8 heteroatoms. The first kappa shape index (κ1) is 23.8. The summed E-state index contributed by atoms with van der Waals surface area (Å²) in [5.41, 5.74) is 6.35. The van der Waals surface area contributed by atoms with E-state index in [0.29, 0.717) is 26.3 Å². The van der Waals surface area contributed by atoms with Crippen molar-refractivity contribution in [3.05, 3.63) is 95.7 Å². The number of nitrogens with zero attached hydrogens (tertiary/aromatic N) is 4. The molecule has 0 saturated carbocycles. The fraction of sp³-hybridized carbons (Fsp3) is 0.286. The van der Waals surface area contributed by atoms with Gasteiger partial charge in [0.25, 0.3) is 0 Å². The number of benzene rings is 1. The minimum absolute atomic E-state index is 0.0768. The summed E-state index contributed by atoms with van der Waals surface area (Å²) in [6.45, 7) is 6.41. The average Bonchev–Trinajstić information content (AvgIpc) is 2.93. The quantitative estimate of drug-likeness (QED) is 0.502. The van der Waals surface area contributed by atoms with Crippen molar-refractivity contribution in [3.63, 3.8) is 0 Å². The third kappa shape index (κ3) is 4.78. The Labute approximate surface area is 211 Å². The predicted octanol–water partition coefficient (Wildman–Crippen LogP) is 3.31. The molecular weight excluding hydrogens is 452 g/mol. The van der Waals surface area contributed by atoms with E-state index in [1.165, 1.54) is 0 Å². The zero-order chi connectivity index (χ0) is 25.0. The zero-order valence-electron chi connectivity index (χ0n) is 20.5. The number of amides is 1. The van der Waals surface area contributed by atoms with Gasteiger partial charge in [-0.15, -0.1) is 0 Å². The number of carbonyl (C=O) groups excluding carboxylic acids is 1. The number of carbonyl (C=O) groups is 1. The first-order valence-corrected chi connectivity index (χ1v) is 12.2. The number of aromatic nitrogens is 2. The summed E-state index contributed by atoms with van der Waals surface area (Å²) < 4.78 is 5.62. The Kier molecular flexibility index (Phi) is 6.88. The van der Waals surface area contributed by atoms with Crippen LogP contribution in [0.15, 0.2) is 78.1 Å². The second kappa shape index (κ2) is 10.4. The fourth-order valence-electron chi connectivity index (χ4n) is 4.62. The molecule has 1 aromatic carbocycles. The lowest BCUT2D eigenvalue weighted by molar-refractivity contribution is -0.126. The molecule has 3 aromatic rings. The van der Waals surface area contributed by atoms with Gasteiger partial charge in [-0.2, -0.15) is 0 Å². The number of aryl methyl sites for hydroxylation is 1. The van der Waals surface area contributed by atoms with Crippen molar-refractivity contribution < 1.29 is 9.53 Å². The van der Waals surface area contributed by atoms with E-state index >= 15 is 0 Å². The van der Waals surface area contributed by atoms with Gasteiger partial charge in [0.15, 0.2) is 0 Å². The van der Waals surface area contributed by atoms with Crippen LogP contribution in [0, 0.1) is 6.92 Å². The van der Waals surface area contributed by atoms with Gasteiger partial charge in [-0.25, -0.2) is 4.99 Å². The Balaban J connectivity index is 1.43. The smallest absolute Gasteiger partial charge is 0.229 e. The molecule has 1 amide bonds. The molecule has 0 aliphatic carbocycles. The van der Waals surface area contributed by atoms with Crippen molar-refractivity contribution in [2.75, 3.05) is 26.3 Å². The molecule has 5 rings (SSSR count). The van der Waals surface area contributed by atoms with Gasteiger partial charge in [-0.05, 0) is 54.9 Å². The summed E-state index contributed by atoms with van der Waals surface area (Å²) in [4.78, 5) is 27.8. The van der Waals surface area contributed by atoms with Crippen LogP contribution >= 0.6 is 0 Å². The van der Waals surface area contributed by atoms with Crippen LogP contribution in [-0.2, 0) is 15.3 Å². The van der Waals surface area contributed by atoms with Crippen LogP contribution in [0.3, 0.4) is 0 Å². The Morgan fingerprint density at radius 2 is 2.08 bits per heavy atom. The van der Waals surface area contributed by atoms with Crippen LogP contribution in [-0.4, -0.2) is 53.3 Å². The third-order valence-corrected chi connectivity index (χ3v) is 6.45. The highest BCUT2D eigenvalue weighted by Gasteiger charge is 2.34. The monoisotopic (exact) mass is 482 g/mol. The first-order chi connectivity index (χ1) is 17.6. The number of ether oxygens (including phenoxy) is 1. The normalized spacial score (nSPS) is 21.6. The summed E-state index contributed by atoms with van der Waals surface area (Å²) in [6.07, 6.45) is 6.58. The molecular formula is C28H30N6O2. The van der Waals surface area contributed by atoms with E-state index < -0.39 is 5.79 Å². The number of hydrogen-bond acceptors (Lipinski definition) is 7. The van der Waals surface area contributed by atoms with Crippen molar-refractivity contribution in [2.45, 2.75) is 25.7 Å². The molecule has 0 bridgehead atoms. The first-order valence-electron chi connectivity index (χ1n) is 12.2. The third-order valence-electron chi connectivity index (χ3n) is 6.45. The maximum Gasteiger partial charge on any atom is 0.229 e. The van der Waals surface area contributed by atoms with Crippen LogP contribution in [0.5, 0.6) is 0 Å². The van der Waals surface area contributed by atoms with Crippen LogP contribution in [0.1, 0.15) is 35.6 Å². The SMILES string of the molecule is CCNC1(c2cccc(C)n2)N=C(c2ccc(-c3cccc(C4COCCN4C=O)c3)cn2)C=CN1. The largest absolute Gasteiger partial charge is 0.377 e. The van der Waals surface area contributed by atoms with Crippen molar-refractivity contribution >= 4 is 12.1 Å². The molecule has 2 atom stereocenters. The Bertz CT molecular complexity index is 1290. The van der Waals surface area contributed by atoms with Gasteiger partial charge < -0.3 is 15.0 Å². The molecule has 2 aliphatic rings. The highest BCUT2D eigenvalue weighted by atomic mass is 16.5. The average molecular weight is 483 g/mol. The van der Waals surface area contributed by atoms with Gasteiger partial charge in [-0.1, -0.05) is 37.3 Å². The number of pyridine rings is 2. The fourth-order valence-corrected chi connectivity index (χ4v) is 4.62. The Hall–Kier alpha value is -3.88. The van der Waals surface area contributed by atoms with Gasteiger partial charge in [0.05, 0.1) is 30.7 Å². The van der Waals surface area contributed by atoms with Crippen molar-refractivity contribution in [2.24, 2.45) is 4.99 Å². The van der Waals surface area contributed by atoms with E-state index in [1.54, 1.807) is 4.90 Å². The van der Waals surface area contributed by atoms with E-state index in [9.17, 15) is 4.79 Å². The summed E-state index contributed by atoms with van der Waals surface area (Å²) in [7, 11) is 0. The molecule has 2 N–H and O–H groups in total. The molecule has 2 aromatic heterocycles. The van der Waals surface area contributed by atoms with E-state index in [1.807, 2.05) is 68.7 Å². The van der Waals surface area contributed by atoms with Crippen LogP contribution in [0.4, 0.5) is 0 Å². The Morgan fingerprint density at radius 3 is 2.86 bits per heavy atom. The maximum absolute atomic E-state index is 11.5. The van der Waals surface area contributed by atoms with Crippen molar-refractivity contribution in [3.8, 4) is 11.1 Å². The number of rotatable bonds is 7. The van der Waals surface area contributed by atoms with E-state index in [2.05, 4.69) is 28.8 Å². The molecule has 1 saturated heterocycles. The van der Waals surface area contributed by atoms with Gasteiger partial charge in [0, 0.05) is 30.2 Å². The lowest BCUT2D eigenvalue weighted by Gasteiger charge is -2.33. The van der Waals surface area contributed by atoms with Gasteiger partial charge in [0.2, 0.25) is 12.2 Å². The van der Waals surface area contributed by atoms with Crippen LogP contribution in [0.2, 0.25) is 0 Å². The van der Waals surface area contributed by atoms with E-state index in [-0.39, 0.29) is 6.04 Å². The zero-order valence-corrected chi connectivity index (χ0v) is 20.5. The number of allylic oxidation sites excluding steroid dienone is 1. The molecule has 2 unspecified atom stereocenters. The molecule has 8 nitrogen and oxygen atoms in total. The van der Waals surface area contributed by atoms with Gasteiger partial charge in [0.1, 0.15) is 5.69 Å². The number of hydrogen-bond donors (Lipinski definition) is 2. The lowest BCUT2D eigenvalue weighted by atomic mass is 9.99. The number of morpholine rings is 1. The van der Waals surface area contributed by atoms with Gasteiger partial charge in [-0.3, -0.25) is 20.1 Å². The second-order valence-electron chi connectivity index (χ2n) is 8.87. The minimum atomic E-state index is -0.855. The van der Waals surface area contributed by atoms with Gasteiger partial charge >= 0.3 is 0 Å². The lowest BCUT2D eigenvalue weighted by Crippen LogP contribution is -2.53. The minimum Gasteiger partial charge on any atom is -0.377 e. The summed E-state index contributed by atoms with van der Waals surface area (Å²) in [6, 6.07) is 18.1. The standard InChI is InChI=1S/C28H30N6O2/c1-3-30-28(27-9-4-6-20(2)32-27)31-13-12-25(33-28)24-11-10-23(17-29-24)21-7-5-8-22(16-21)26-18-36-15-14-34(26)19-35/h4-13,16-17,19,26,30-31H,3,14-15,18H2,1-2H3. The summed E-state index contributed by atoms with van der Waals surface area (Å²) in [5, 5.41) is 6.80. The molecule has 0 radical (unpaired) electrons. The summed E-state index contributed by atoms with van der Waals surface area (Å²) in [5.74, 6) is -0.855.